The zero-order valence-electron chi connectivity index (χ0n) is 16.0. The molecule has 1 amide bonds. The van der Waals surface area contributed by atoms with Crippen LogP contribution < -0.4 is 10.7 Å². The van der Waals surface area contributed by atoms with Gasteiger partial charge in [0.2, 0.25) is 11.1 Å². The molecule has 0 saturated carbocycles. The van der Waals surface area contributed by atoms with Gasteiger partial charge in [0.05, 0.1) is 11.3 Å². The van der Waals surface area contributed by atoms with E-state index in [2.05, 4.69) is 10.4 Å². The standard InChI is InChI=1S/C19H20F3N3O4/c1-4-11(2)23-16(27)10-29-18(28)17-15(26)8-12(3)25(24-17)14-7-5-6-13(9-14)19(20,21)22/h5-9,11H,4,10H2,1-3H3,(H,23,27)/t11-/m0/s1. The van der Waals surface area contributed by atoms with Crippen molar-refractivity contribution in [1.82, 2.24) is 15.1 Å². The molecule has 0 aliphatic rings. The molecule has 1 aromatic heterocycles. The van der Waals surface area contributed by atoms with E-state index in [1.807, 2.05) is 6.92 Å². The number of benzene rings is 1. The van der Waals surface area contributed by atoms with Gasteiger partial charge in [-0.2, -0.15) is 18.3 Å². The van der Waals surface area contributed by atoms with E-state index in [9.17, 15) is 27.6 Å². The van der Waals surface area contributed by atoms with E-state index < -0.39 is 41.3 Å². The Morgan fingerprint density at radius 1 is 1.28 bits per heavy atom. The highest BCUT2D eigenvalue weighted by molar-refractivity contribution is 5.89. The fourth-order valence-corrected chi connectivity index (χ4v) is 2.38. The van der Waals surface area contributed by atoms with Crippen LogP contribution in [-0.4, -0.2) is 34.3 Å². The van der Waals surface area contributed by atoms with Gasteiger partial charge in [0.25, 0.3) is 5.91 Å². The summed E-state index contributed by atoms with van der Waals surface area (Å²) in [6.07, 6.45) is -3.88. The monoisotopic (exact) mass is 411 g/mol. The molecule has 1 aromatic carbocycles. The summed E-state index contributed by atoms with van der Waals surface area (Å²) in [6, 6.07) is 5.23. The lowest BCUT2D eigenvalue weighted by Gasteiger charge is -2.14. The van der Waals surface area contributed by atoms with Gasteiger partial charge in [-0.25, -0.2) is 9.48 Å². The summed E-state index contributed by atoms with van der Waals surface area (Å²) in [5.41, 5.74) is -2.07. The highest BCUT2D eigenvalue weighted by atomic mass is 19.4. The van der Waals surface area contributed by atoms with Crippen molar-refractivity contribution in [2.45, 2.75) is 39.4 Å². The van der Waals surface area contributed by atoms with Crippen LogP contribution in [-0.2, 0) is 15.7 Å². The second kappa shape index (κ2) is 8.89. The average Bonchev–Trinajstić information content (AvgIpc) is 2.65. The normalized spacial score (nSPS) is 12.3. The number of carbonyl (C=O) groups is 2. The van der Waals surface area contributed by atoms with Gasteiger partial charge in [0, 0.05) is 17.8 Å². The van der Waals surface area contributed by atoms with Crippen LogP contribution >= 0.6 is 0 Å². The SMILES string of the molecule is CC[C@H](C)NC(=O)COC(=O)c1nn(-c2cccc(C(F)(F)F)c2)c(C)cc1=O. The Kier molecular flexibility index (Phi) is 6.78. The van der Waals surface area contributed by atoms with Crippen LogP contribution in [0.4, 0.5) is 13.2 Å². The summed E-state index contributed by atoms with van der Waals surface area (Å²) in [7, 11) is 0. The molecule has 0 saturated heterocycles. The van der Waals surface area contributed by atoms with E-state index in [4.69, 9.17) is 4.74 Å². The lowest BCUT2D eigenvalue weighted by Crippen LogP contribution is -2.36. The fourth-order valence-electron chi connectivity index (χ4n) is 2.38. The molecule has 156 valence electrons. The Morgan fingerprint density at radius 3 is 2.59 bits per heavy atom. The van der Waals surface area contributed by atoms with Crippen molar-refractivity contribution in [3.05, 3.63) is 57.5 Å². The third kappa shape index (κ3) is 5.66. The number of carbonyl (C=O) groups excluding carboxylic acids is 2. The first-order chi connectivity index (χ1) is 13.5. The van der Waals surface area contributed by atoms with Gasteiger partial charge in [0.15, 0.2) is 6.61 Å². The number of halogens is 3. The maximum atomic E-state index is 13.0. The summed E-state index contributed by atoms with van der Waals surface area (Å²) in [4.78, 5) is 36.0. The quantitative estimate of drug-likeness (QED) is 0.738. The summed E-state index contributed by atoms with van der Waals surface area (Å²) < 4.78 is 44.7. The number of ether oxygens (including phenoxy) is 1. The minimum Gasteiger partial charge on any atom is -0.451 e. The summed E-state index contributed by atoms with van der Waals surface area (Å²) in [5.74, 6) is -1.69. The number of amides is 1. The number of aromatic nitrogens is 2. The van der Waals surface area contributed by atoms with Gasteiger partial charge in [0.1, 0.15) is 0 Å². The number of nitrogens with one attached hydrogen (secondary N) is 1. The molecule has 10 heteroatoms. The van der Waals surface area contributed by atoms with Crippen molar-refractivity contribution < 1.29 is 27.5 Å². The van der Waals surface area contributed by atoms with Crippen molar-refractivity contribution >= 4 is 11.9 Å². The van der Waals surface area contributed by atoms with Crippen molar-refractivity contribution in [3.8, 4) is 5.69 Å². The van der Waals surface area contributed by atoms with Crippen LogP contribution in [0.25, 0.3) is 5.69 Å². The Labute approximate surface area is 164 Å². The topological polar surface area (TPSA) is 90.3 Å². The molecular formula is C19H20F3N3O4. The predicted octanol–water partition coefficient (Wildman–Crippen LogP) is 2.63. The van der Waals surface area contributed by atoms with E-state index >= 15 is 0 Å². The highest BCUT2D eigenvalue weighted by Crippen LogP contribution is 2.30. The number of alkyl halides is 3. The van der Waals surface area contributed by atoms with Gasteiger partial charge in [-0.05, 0) is 38.5 Å². The summed E-state index contributed by atoms with van der Waals surface area (Å²) in [5, 5.41) is 6.44. The smallest absolute Gasteiger partial charge is 0.416 e. The summed E-state index contributed by atoms with van der Waals surface area (Å²) in [6.45, 7) is 4.49. The Balaban J connectivity index is 2.29. The first-order valence-electron chi connectivity index (χ1n) is 8.78. The van der Waals surface area contributed by atoms with Crippen LogP contribution in [0.5, 0.6) is 0 Å². The fraction of sp³-hybridized carbons (Fsp3) is 0.368. The molecule has 1 heterocycles. The van der Waals surface area contributed by atoms with Crippen LogP contribution in [0.2, 0.25) is 0 Å². The maximum absolute atomic E-state index is 13.0. The molecule has 0 unspecified atom stereocenters. The number of hydrogen-bond acceptors (Lipinski definition) is 5. The summed E-state index contributed by atoms with van der Waals surface area (Å²) >= 11 is 0. The van der Waals surface area contributed by atoms with Gasteiger partial charge >= 0.3 is 12.1 Å². The number of nitrogens with zero attached hydrogens (tertiary/aromatic N) is 2. The highest BCUT2D eigenvalue weighted by Gasteiger charge is 2.30. The molecule has 0 bridgehead atoms. The predicted molar refractivity (Wildman–Crippen MR) is 97.8 cm³/mol. The van der Waals surface area contributed by atoms with Gasteiger partial charge in [-0.15, -0.1) is 0 Å². The Morgan fingerprint density at radius 2 is 1.97 bits per heavy atom. The van der Waals surface area contributed by atoms with Crippen molar-refractivity contribution in [1.29, 1.82) is 0 Å². The third-order valence-electron chi connectivity index (χ3n) is 4.07. The Hall–Kier alpha value is -3.17. The van der Waals surface area contributed by atoms with Crippen molar-refractivity contribution in [3.63, 3.8) is 0 Å². The van der Waals surface area contributed by atoms with Crippen molar-refractivity contribution in [2.75, 3.05) is 6.61 Å². The minimum atomic E-state index is -4.56. The average molecular weight is 411 g/mol. The molecule has 0 radical (unpaired) electrons. The lowest BCUT2D eigenvalue weighted by atomic mass is 10.2. The number of aryl methyl sites for hydroxylation is 1. The second-order valence-electron chi connectivity index (χ2n) is 6.41. The first kappa shape index (κ1) is 22.1. The molecule has 1 atom stereocenters. The molecule has 0 aliphatic heterocycles. The molecule has 1 N–H and O–H groups in total. The van der Waals surface area contributed by atoms with Crippen molar-refractivity contribution in [2.24, 2.45) is 0 Å². The number of hydrogen-bond donors (Lipinski definition) is 1. The van der Waals surface area contributed by atoms with E-state index in [0.717, 1.165) is 22.9 Å². The molecular weight excluding hydrogens is 391 g/mol. The van der Waals surface area contributed by atoms with Crippen LogP contribution in [0.3, 0.4) is 0 Å². The van der Waals surface area contributed by atoms with E-state index in [1.165, 1.54) is 19.1 Å². The van der Waals surface area contributed by atoms with Crippen LogP contribution in [0.1, 0.15) is 42.0 Å². The van der Waals surface area contributed by atoms with Crippen LogP contribution in [0, 0.1) is 6.92 Å². The van der Waals surface area contributed by atoms with Gasteiger partial charge in [-0.3, -0.25) is 9.59 Å². The molecule has 0 spiro atoms. The van der Waals surface area contributed by atoms with E-state index in [1.54, 1.807) is 6.92 Å². The van der Waals surface area contributed by atoms with E-state index in [-0.39, 0.29) is 17.4 Å². The largest absolute Gasteiger partial charge is 0.451 e. The number of esters is 1. The zero-order chi connectivity index (χ0) is 21.8. The van der Waals surface area contributed by atoms with Gasteiger partial charge < -0.3 is 10.1 Å². The van der Waals surface area contributed by atoms with Crippen LogP contribution in [0.15, 0.2) is 35.1 Å². The molecule has 2 aromatic rings. The minimum absolute atomic E-state index is 0.0147. The molecule has 7 nitrogen and oxygen atoms in total. The zero-order valence-corrected chi connectivity index (χ0v) is 16.0. The number of rotatable bonds is 6. The van der Waals surface area contributed by atoms with Gasteiger partial charge in [-0.1, -0.05) is 13.0 Å². The Bertz CT molecular complexity index is 970. The second-order valence-corrected chi connectivity index (χ2v) is 6.41. The maximum Gasteiger partial charge on any atom is 0.416 e. The molecule has 0 aliphatic carbocycles. The molecule has 29 heavy (non-hydrogen) atoms. The third-order valence-corrected chi connectivity index (χ3v) is 4.07. The first-order valence-corrected chi connectivity index (χ1v) is 8.78. The molecule has 2 rings (SSSR count). The van der Waals surface area contributed by atoms with E-state index in [0.29, 0.717) is 6.42 Å². The molecule has 0 fully saturated rings. The lowest BCUT2D eigenvalue weighted by molar-refractivity contribution is -0.137.